The van der Waals surface area contributed by atoms with Gasteiger partial charge in [0.1, 0.15) is 12.1 Å². The Labute approximate surface area is 120 Å². The van der Waals surface area contributed by atoms with Crippen LogP contribution in [0.25, 0.3) is 10.9 Å². The van der Waals surface area contributed by atoms with E-state index in [1.807, 2.05) is 24.3 Å². The summed E-state index contributed by atoms with van der Waals surface area (Å²) in [5.41, 5.74) is 1.38. The molecule has 0 radical (unpaired) electrons. The van der Waals surface area contributed by atoms with Crippen molar-refractivity contribution in [1.29, 1.82) is 0 Å². The van der Waals surface area contributed by atoms with Crippen molar-refractivity contribution in [3.8, 4) is 11.6 Å². The average molecular weight is 280 g/mol. The van der Waals surface area contributed by atoms with Gasteiger partial charge in [-0.1, -0.05) is 30.3 Å². The molecule has 1 aromatic heterocycles. The highest BCUT2D eigenvalue weighted by molar-refractivity contribution is 5.83. The van der Waals surface area contributed by atoms with Gasteiger partial charge in [0.25, 0.3) is 0 Å². The third-order valence-electron chi connectivity index (χ3n) is 3.03. The third-order valence-corrected chi connectivity index (χ3v) is 3.03. The van der Waals surface area contributed by atoms with Crippen molar-refractivity contribution in [2.75, 3.05) is 0 Å². The van der Waals surface area contributed by atoms with Crippen LogP contribution in [0.2, 0.25) is 0 Å². The first-order valence-corrected chi connectivity index (χ1v) is 6.41. The van der Waals surface area contributed by atoms with Crippen LogP contribution in [-0.4, -0.2) is 21.0 Å². The molecule has 104 valence electrons. The number of para-hydroxylation sites is 2. The summed E-state index contributed by atoms with van der Waals surface area (Å²) in [6.07, 6.45) is 1.33. The van der Waals surface area contributed by atoms with Crippen LogP contribution in [0.1, 0.15) is 5.56 Å². The molecule has 3 aromatic rings. The normalized spacial score (nSPS) is 10.5. The van der Waals surface area contributed by atoms with Crippen LogP contribution >= 0.6 is 0 Å². The van der Waals surface area contributed by atoms with Gasteiger partial charge in [-0.2, -0.15) is 0 Å². The van der Waals surface area contributed by atoms with Crippen molar-refractivity contribution in [2.24, 2.45) is 0 Å². The van der Waals surface area contributed by atoms with Gasteiger partial charge >= 0.3 is 5.97 Å². The monoisotopic (exact) mass is 280 g/mol. The molecule has 0 fully saturated rings. The molecular weight excluding hydrogens is 268 g/mol. The first-order chi connectivity index (χ1) is 10.2. The van der Waals surface area contributed by atoms with Gasteiger partial charge in [-0.05, 0) is 18.2 Å². The summed E-state index contributed by atoms with van der Waals surface area (Å²) in [6.45, 7) is 0. The Hall–Kier alpha value is -2.95. The number of nitrogens with zero attached hydrogens (tertiary/aromatic N) is 2. The number of rotatable bonds is 4. The number of carbonyl (C=O) groups is 1. The lowest BCUT2D eigenvalue weighted by Crippen LogP contribution is -2.02. The molecule has 0 spiro atoms. The second kappa shape index (κ2) is 5.58. The molecule has 0 aliphatic heterocycles. The highest BCUT2D eigenvalue weighted by Crippen LogP contribution is 2.28. The molecule has 0 aliphatic carbocycles. The molecule has 1 N–H and O–H groups in total. The maximum Gasteiger partial charge on any atom is 0.307 e. The smallest absolute Gasteiger partial charge is 0.307 e. The Bertz CT molecular complexity index is 797. The molecule has 0 bridgehead atoms. The van der Waals surface area contributed by atoms with Crippen molar-refractivity contribution in [3.05, 3.63) is 60.4 Å². The summed E-state index contributed by atoms with van der Waals surface area (Å²) < 4.78 is 5.81. The van der Waals surface area contributed by atoms with Crippen molar-refractivity contribution >= 4 is 16.9 Å². The Morgan fingerprint density at radius 3 is 2.67 bits per heavy atom. The number of carboxylic acid groups (broad SMARTS) is 1. The van der Waals surface area contributed by atoms with E-state index in [9.17, 15) is 4.79 Å². The molecule has 0 aliphatic rings. The number of aromatic nitrogens is 2. The molecule has 0 atom stereocenters. The fourth-order valence-electron chi connectivity index (χ4n) is 2.08. The van der Waals surface area contributed by atoms with E-state index in [0.717, 1.165) is 10.9 Å². The quantitative estimate of drug-likeness (QED) is 0.795. The zero-order valence-corrected chi connectivity index (χ0v) is 11.1. The standard InChI is InChI=1S/C16H12N2O3/c19-15(20)9-11-5-1-4-8-14(11)21-16-12-6-2-3-7-13(12)17-10-18-16/h1-8,10H,9H2,(H,19,20). The zero-order chi connectivity index (χ0) is 14.7. The lowest BCUT2D eigenvalue weighted by Gasteiger charge is -2.10. The lowest BCUT2D eigenvalue weighted by atomic mass is 10.1. The maximum absolute atomic E-state index is 10.9. The van der Waals surface area contributed by atoms with E-state index in [-0.39, 0.29) is 6.42 Å². The second-order valence-electron chi connectivity index (χ2n) is 4.48. The van der Waals surface area contributed by atoms with Gasteiger partial charge in [0, 0.05) is 5.56 Å². The Morgan fingerprint density at radius 2 is 1.81 bits per heavy atom. The molecule has 0 saturated heterocycles. The maximum atomic E-state index is 10.9. The number of benzene rings is 2. The summed E-state index contributed by atoms with van der Waals surface area (Å²) in [4.78, 5) is 19.2. The highest BCUT2D eigenvalue weighted by atomic mass is 16.5. The molecule has 2 aromatic carbocycles. The van der Waals surface area contributed by atoms with E-state index in [4.69, 9.17) is 9.84 Å². The average Bonchev–Trinajstić information content (AvgIpc) is 2.49. The van der Waals surface area contributed by atoms with Gasteiger partial charge in [-0.3, -0.25) is 4.79 Å². The number of carboxylic acids is 1. The predicted octanol–water partition coefficient (Wildman–Crippen LogP) is 3.05. The molecule has 5 nitrogen and oxygen atoms in total. The molecule has 5 heteroatoms. The molecule has 1 heterocycles. The van der Waals surface area contributed by atoms with E-state index in [1.165, 1.54) is 6.33 Å². The van der Waals surface area contributed by atoms with E-state index in [0.29, 0.717) is 17.2 Å². The summed E-state index contributed by atoms with van der Waals surface area (Å²) >= 11 is 0. The van der Waals surface area contributed by atoms with E-state index in [2.05, 4.69) is 9.97 Å². The Morgan fingerprint density at radius 1 is 1.05 bits per heavy atom. The van der Waals surface area contributed by atoms with Crippen LogP contribution in [-0.2, 0) is 11.2 Å². The van der Waals surface area contributed by atoms with E-state index < -0.39 is 5.97 Å². The summed E-state index contributed by atoms with van der Waals surface area (Å²) in [7, 11) is 0. The fraction of sp³-hybridized carbons (Fsp3) is 0.0625. The zero-order valence-electron chi connectivity index (χ0n) is 11.1. The molecule has 0 saturated carbocycles. The minimum absolute atomic E-state index is 0.0980. The summed E-state index contributed by atoms with van der Waals surface area (Å²) in [5, 5.41) is 9.73. The SMILES string of the molecule is O=C(O)Cc1ccccc1Oc1ncnc2ccccc12. The van der Waals surface area contributed by atoms with Crippen LogP contribution in [0.15, 0.2) is 54.9 Å². The number of aliphatic carboxylic acids is 1. The number of hydrogen-bond acceptors (Lipinski definition) is 4. The van der Waals surface area contributed by atoms with E-state index in [1.54, 1.807) is 24.3 Å². The molecule has 21 heavy (non-hydrogen) atoms. The van der Waals surface area contributed by atoms with Gasteiger partial charge in [-0.25, -0.2) is 9.97 Å². The van der Waals surface area contributed by atoms with Gasteiger partial charge < -0.3 is 9.84 Å². The lowest BCUT2D eigenvalue weighted by molar-refractivity contribution is -0.136. The van der Waals surface area contributed by atoms with Crippen LogP contribution < -0.4 is 4.74 Å². The molecule has 0 amide bonds. The summed E-state index contributed by atoms with van der Waals surface area (Å²) in [6, 6.07) is 14.5. The van der Waals surface area contributed by atoms with Crippen LogP contribution in [0.4, 0.5) is 0 Å². The number of fused-ring (bicyclic) bond motifs is 1. The first kappa shape index (κ1) is 13.1. The highest BCUT2D eigenvalue weighted by Gasteiger charge is 2.11. The number of hydrogen-bond donors (Lipinski definition) is 1. The van der Waals surface area contributed by atoms with Gasteiger partial charge in [0.15, 0.2) is 0 Å². The van der Waals surface area contributed by atoms with Crippen molar-refractivity contribution in [2.45, 2.75) is 6.42 Å². The molecule has 0 unspecified atom stereocenters. The van der Waals surface area contributed by atoms with Crippen LogP contribution in [0.5, 0.6) is 11.6 Å². The predicted molar refractivity (Wildman–Crippen MR) is 77.4 cm³/mol. The first-order valence-electron chi connectivity index (χ1n) is 6.41. The van der Waals surface area contributed by atoms with Crippen LogP contribution in [0.3, 0.4) is 0 Å². The Balaban J connectivity index is 2.01. The van der Waals surface area contributed by atoms with Crippen LogP contribution in [0, 0.1) is 0 Å². The van der Waals surface area contributed by atoms with E-state index >= 15 is 0 Å². The minimum atomic E-state index is -0.904. The largest absolute Gasteiger partial charge is 0.481 e. The topological polar surface area (TPSA) is 72.3 Å². The van der Waals surface area contributed by atoms with Crippen molar-refractivity contribution < 1.29 is 14.6 Å². The van der Waals surface area contributed by atoms with Gasteiger partial charge in [0.2, 0.25) is 5.88 Å². The Kier molecular flexibility index (Phi) is 3.47. The molecular formula is C16H12N2O3. The second-order valence-corrected chi connectivity index (χ2v) is 4.48. The van der Waals surface area contributed by atoms with Gasteiger partial charge in [0.05, 0.1) is 17.3 Å². The van der Waals surface area contributed by atoms with Gasteiger partial charge in [-0.15, -0.1) is 0 Å². The summed E-state index contributed by atoms with van der Waals surface area (Å²) in [5.74, 6) is 0.000729. The molecule has 3 rings (SSSR count). The minimum Gasteiger partial charge on any atom is -0.481 e. The van der Waals surface area contributed by atoms with Crippen molar-refractivity contribution in [3.63, 3.8) is 0 Å². The van der Waals surface area contributed by atoms with Crippen molar-refractivity contribution in [1.82, 2.24) is 9.97 Å². The number of ether oxygens (including phenoxy) is 1. The third kappa shape index (κ3) is 2.81. The fourth-order valence-corrected chi connectivity index (χ4v) is 2.08.